The topological polar surface area (TPSA) is 96.9 Å². The number of hydrogen-bond acceptors (Lipinski definition) is 5. The fraction of sp³-hybridized carbons (Fsp3) is 0.0667. The Morgan fingerprint density at radius 1 is 1.13 bits per heavy atom. The molecule has 8 heteroatoms. The van der Waals surface area contributed by atoms with E-state index in [0.717, 1.165) is 0 Å². The Morgan fingerprint density at radius 3 is 2.70 bits per heavy atom. The van der Waals surface area contributed by atoms with Crippen molar-refractivity contribution in [1.29, 1.82) is 0 Å². The minimum atomic E-state index is -3.72. The number of hydrazine groups is 1. The lowest BCUT2D eigenvalue weighted by atomic mass is 10.2. The number of sulfonamides is 1. The summed E-state index contributed by atoms with van der Waals surface area (Å²) in [4.78, 5) is 12.2. The summed E-state index contributed by atoms with van der Waals surface area (Å²) in [6.45, 7) is 0. The summed E-state index contributed by atoms with van der Waals surface area (Å²) in [6.07, 6.45) is 0. The van der Waals surface area contributed by atoms with E-state index in [1.54, 1.807) is 42.5 Å². The third-order valence-corrected chi connectivity index (χ3v) is 4.59. The van der Waals surface area contributed by atoms with Gasteiger partial charge >= 0.3 is 0 Å². The number of fused-ring (bicyclic) bond motifs is 1. The Bertz CT molecular complexity index is 906. The van der Waals surface area contributed by atoms with Crippen molar-refractivity contribution in [2.24, 2.45) is 4.40 Å². The third kappa shape index (κ3) is 2.88. The maximum Gasteiger partial charge on any atom is 0.285 e. The quantitative estimate of drug-likeness (QED) is 0.803. The largest absolute Gasteiger partial charge is 0.497 e. The number of hydrogen-bond donors (Lipinski definition) is 2. The molecular formula is C15H13N3O4S. The van der Waals surface area contributed by atoms with Gasteiger partial charge in [0.15, 0.2) is 5.84 Å². The highest BCUT2D eigenvalue weighted by atomic mass is 32.2. The molecule has 1 aliphatic rings. The van der Waals surface area contributed by atoms with Crippen LogP contribution in [0.4, 0.5) is 0 Å². The van der Waals surface area contributed by atoms with Crippen LogP contribution in [0, 0.1) is 0 Å². The molecular weight excluding hydrogens is 318 g/mol. The summed E-state index contributed by atoms with van der Waals surface area (Å²) < 4.78 is 32.5. The van der Waals surface area contributed by atoms with Gasteiger partial charge in [-0.25, -0.2) is 0 Å². The van der Waals surface area contributed by atoms with Crippen LogP contribution in [-0.4, -0.2) is 27.3 Å². The van der Waals surface area contributed by atoms with Gasteiger partial charge in [-0.15, -0.1) is 4.40 Å². The number of amidine groups is 1. The van der Waals surface area contributed by atoms with E-state index < -0.39 is 15.9 Å². The minimum Gasteiger partial charge on any atom is -0.497 e. The van der Waals surface area contributed by atoms with E-state index in [1.807, 2.05) is 0 Å². The summed E-state index contributed by atoms with van der Waals surface area (Å²) in [7, 11) is -2.22. The van der Waals surface area contributed by atoms with E-state index in [2.05, 4.69) is 15.2 Å². The zero-order valence-electron chi connectivity index (χ0n) is 12.1. The van der Waals surface area contributed by atoms with Crippen LogP contribution in [0.1, 0.15) is 15.9 Å². The van der Waals surface area contributed by atoms with Crippen molar-refractivity contribution in [2.45, 2.75) is 4.90 Å². The molecule has 3 rings (SSSR count). The molecule has 7 nitrogen and oxygen atoms in total. The van der Waals surface area contributed by atoms with Crippen LogP contribution in [0.25, 0.3) is 0 Å². The molecule has 1 aliphatic heterocycles. The number of methoxy groups -OCH3 is 1. The second-order valence-corrected chi connectivity index (χ2v) is 6.29. The van der Waals surface area contributed by atoms with Crippen LogP contribution < -0.4 is 15.6 Å². The van der Waals surface area contributed by atoms with Gasteiger partial charge < -0.3 is 4.74 Å². The second kappa shape index (κ2) is 5.73. The van der Waals surface area contributed by atoms with Crippen molar-refractivity contribution >= 4 is 21.8 Å². The van der Waals surface area contributed by atoms with Gasteiger partial charge in [-0.3, -0.25) is 15.6 Å². The molecule has 1 heterocycles. The first-order valence-corrected chi connectivity index (χ1v) is 8.10. The molecule has 0 saturated carbocycles. The number of rotatable bonds is 2. The number of carbonyl (C=O) groups is 1. The number of amides is 1. The SMILES string of the molecule is COc1cccc(C(=O)NNC2=NS(=O)(=O)c3ccccc32)c1. The summed E-state index contributed by atoms with van der Waals surface area (Å²) in [5, 5.41) is 0. The van der Waals surface area contributed by atoms with Crippen LogP contribution in [0.2, 0.25) is 0 Å². The van der Waals surface area contributed by atoms with Crippen LogP contribution >= 0.6 is 0 Å². The molecule has 0 fully saturated rings. The van der Waals surface area contributed by atoms with Crippen molar-refractivity contribution < 1.29 is 17.9 Å². The van der Waals surface area contributed by atoms with E-state index >= 15 is 0 Å². The fourth-order valence-electron chi connectivity index (χ4n) is 2.15. The van der Waals surface area contributed by atoms with Crippen molar-refractivity contribution in [3.63, 3.8) is 0 Å². The van der Waals surface area contributed by atoms with Gasteiger partial charge in [0.05, 0.1) is 7.11 Å². The molecule has 2 aromatic carbocycles. The lowest BCUT2D eigenvalue weighted by Crippen LogP contribution is -2.41. The first kappa shape index (κ1) is 15.0. The van der Waals surface area contributed by atoms with Gasteiger partial charge in [0, 0.05) is 11.1 Å². The molecule has 2 N–H and O–H groups in total. The normalized spacial score (nSPS) is 14.6. The van der Waals surface area contributed by atoms with Gasteiger partial charge in [-0.05, 0) is 30.3 Å². The zero-order chi connectivity index (χ0) is 16.4. The van der Waals surface area contributed by atoms with Gasteiger partial charge in [-0.2, -0.15) is 8.42 Å². The predicted octanol–water partition coefficient (Wildman–Crippen LogP) is 1.08. The monoisotopic (exact) mass is 331 g/mol. The van der Waals surface area contributed by atoms with E-state index in [1.165, 1.54) is 13.2 Å². The third-order valence-electron chi connectivity index (χ3n) is 3.26. The predicted molar refractivity (Wildman–Crippen MR) is 83.8 cm³/mol. The Kier molecular flexibility index (Phi) is 3.75. The molecule has 0 radical (unpaired) electrons. The molecule has 0 saturated heterocycles. The first-order chi connectivity index (χ1) is 11.0. The number of benzene rings is 2. The average Bonchev–Trinajstić information content (AvgIpc) is 2.84. The molecule has 1 amide bonds. The molecule has 0 aliphatic carbocycles. The van der Waals surface area contributed by atoms with E-state index in [9.17, 15) is 13.2 Å². The van der Waals surface area contributed by atoms with Gasteiger partial charge in [0.25, 0.3) is 15.9 Å². The van der Waals surface area contributed by atoms with Gasteiger partial charge in [0.2, 0.25) is 0 Å². The molecule has 2 aromatic rings. The highest BCUT2D eigenvalue weighted by molar-refractivity contribution is 7.90. The number of ether oxygens (including phenoxy) is 1. The minimum absolute atomic E-state index is 0.0804. The number of carbonyl (C=O) groups excluding carboxylic acids is 1. The van der Waals surface area contributed by atoms with Crippen LogP contribution in [-0.2, 0) is 10.0 Å². The van der Waals surface area contributed by atoms with Crippen LogP contribution in [0.5, 0.6) is 5.75 Å². The van der Waals surface area contributed by atoms with E-state index in [0.29, 0.717) is 16.9 Å². The van der Waals surface area contributed by atoms with Crippen molar-refractivity contribution in [3.8, 4) is 5.75 Å². The Hall–Kier alpha value is -2.87. The average molecular weight is 331 g/mol. The van der Waals surface area contributed by atoms with Gasteiger partial charge in [-0.1, -0.05) is 18.2 Å². The summed E-state index contributed by atoms with van der Waals surface area (Å²) in [5.74, 6) is 0.189. The smallest absolute Gasteiger partial charge is 0.285 e. The van der Waals surface area contributed by atoms with Crippen molar-refractivity contribution in [1.82, 2.24) is 10.9 Å². The highest BCUT2D eigenvalue weighted by Crippen LogP contribution is 2.24. The Morgan fingerprint density at radius 2 is 1.91 bits per heavy atom. The molecule has 0 unspecified atom stereocenters. The van der Waals surface area contributed by atoms with Gasteiger partial charge in [0.1, 0.15) is 10.6 Å². The molecule has 0 bridgehead atoms. The molecule has 0 spiro atoms. The summed E-state index contributed by atoms with van der Waals surface area (Å²) in [5.41, 5.74) is 5.77. The van der Waals surface area contributed by atoms with Crippen LogP contribution in [0.3, 0.4) is 0 Å². The summed E-state index contributed by atoms with van der Waals surface area (Å²) in [6, 6.07) is 13.0. The molecule has 23 heavy (non-hydrogen) atoms. The Balaban J connectivity index is 1.78. The van der Waals surface area contributed by atoms with E-state index in [-0.39, 0.29) is 10.7 Å². The lowest BCUT2D eigenvalue weighted by Gasteiger charge is -2.09. The maximum absolute atomic E-state index is 12.1. The first-order valence-electron chi connectivity index (χ1n) is 6.66. The number of nitrogens with zero attached hydrogens (tertiary/aromatic N) is 1. The summed E-state index contributed by atoms with van der Waals surface area (Å²) >= 11 is 0. The fourth-order valence-corrected chi connectivity index (χ4v) is 3.32. The zero-order valence-corrected chi connectivity index (χ0v) is 12.9. The standard InChI is InChI=1S/C15H13N3O4S/c1-22-11-6-4-5-10(9-11)15(19)17-16-14-12-7-2-3-8-13(12)23(20,21)18-14/h2-9H,1H3,(H,16,18)(H,17,19). The lowest BCUT2D eigenvalue weighted by molar-refractivity contribution is 0.0943. The molecule has 118 valence electrons. The highest BCUT2D eigenvalue weighted by Gasteiger charge is 2.28. The Labute approximate surface area is 133 Å². The maximum atomic E-state index is 12.1. The van der Waals surface area contributed by atoms with Crippen molar-refractivity contribution in [3.05, 3.63) is 59.7 Å². The second-order valence-electron chi connectivity index (χ2n) is 4.72. The molecule has 0 atom stereocenters. The van der Waals surface area contributed by atoms with E-state index in [4.69, 9.17) is 4.74 Å². The van der Waals surface area contributed by atoms with Crippen LogP contribution in [0.15, 0.2) is 57.8 Å². The number of nitrogens with one attached hydrogen (secondary N) is 2. The van der Waals surface area contributed by atoms with Crippen molar-refractivity contribution in [2.75, 3.05) is 7.11 Å². The molecule has 0 aromatic heterocycles.